The van der Waals surface area contributed by atoms with Crippen molar-refractivity contribution >= 4 is 116 Å². The second-order valence-corrected chi connectivity index (χ2v) is 36.8. The number of carbonyl (C=O) groups excluding carboxylic acids is 4. The summed E-state index contributed by atoms with van der Waals surface area (Å²) in [4.78, 5) is 47.7. The second-order valence-electron chi connectivity index (χ2n) is 35.2. The Bertz CT molecular complexity index is 5410. The van der Waals surface area contributed by atoms with Gasteiger partial charge in [-0.1, -0.05) is 254 Å². The number of allylic oxidation sites excluding steroid dienone is 4. The van der Waals surface area contributed by atoms with Crippen molar-refractivity contribution < 1.29 is 61.8 Å². The summed E-state index contributed by atoms with van der Waals surface area (Å²) in [6.45, 7) is 52.1. The van der Waals surface area contributed by atoms with Crippen molar-refractivity contribution in [3.8, 4) is 24.3 Å². The summed E-state index contributed by atoms with van der Waals surface area (Å²) < 4.78 is 55.8. The van der Waals surface area contributed by atoms with E-state index >= 15 is 0 Å². The average molecular weight is 1820 g/mol. The number of hydrogen-bond acceptors (Lipinski definition) is 21. The highest BCUT2D eigenvalue weighted by molar-refractivity contribution is 6.34. The minimum atomic E-state index is -0.673. The molecule has 0 unspecified atom stereocenters. The maximum Gasteiger partial charge on any atom is 0.334 e. The van der Waals surface area contributed by atoms with Gasteiger partial charge >= 0.3 is 23.9 Å². The number of aryl methyl sites for hydroxylation is 8. The first-order valence-electron chi connectivity index (χ1n) is 42.2. The normalized spacial score (nSPS) is 12.4. The van der Waals surface area contributed by atoms with Gasteiger partial charge in [0.25, 0.3) is 0 Å². The van der Waals surface area contributed by atoms with Crippen molar-refractivity contribution in [2.45, 2.75) is 254 Å². The Kier molecular flexibility index (Phi) is 40.3. The van der Waals surface area contributed by atoms with Gasteiger partial charge in [0.15, 0.2) is 23.0 Å². The maximum absolute atomic E-state index is 12.2. The van der Waals surface area contributed by atoms with Crippen LogP contribution in [0.2, 0.25) is 20.1 Å². The summed E-state index contributed by atoms with van der Waals surface area (Å²) in [6, 6.07) is 40.0. The molecular weight excluding hydrogens is 1690 g/mol. The number of rotatable bonds is 31. The van der Waals surface area contributed by atoms with Crippen molar-refractivity contribution in [2.75, 3.05) is 40.9 Å². The number of benzene rings is 4. The van der Waals surface area contributed by atoms with E-state index in [2.05, 4.69) is 128 Å². The van der Waals surface area contributed by atoms with Crippen LogP contribution in [0.15, 0.2) is 97.1 Å². The molecule has 0 saturated heterocycles. The molecule has 0 spiro atoms. The predicted molar refractivity (Wildman–Crippen MR) is 499 cm³/mol. The van der Waals surface area contributed by atoms with Gasteiger partial charge in [0.2, 0.25) is 27.2 Å². The van der Waals surface area contributed by atoms with E-state index in [9.17, 15) is 40.2 Å². The zero-order valence-corrected chi connectivity index (χ0v) is 81.7. The third-order valence-corrected chi connectivity index (χ3v) is 21.4. The van der Waals surface area contributed by atoms with Gasteiger partial charge in [-0.05, 0) is 155 Å². The van der Waals surface area contributed by atoms with E-state index in [-0.39, 0.29) is 107 Å². The number of halogens is 4. The number of ether oxygens (including phenoxy) is 9. The Balaban J connectivity index is 0.000000300. The molecule has 0 aliphatic rings. The molecule has 0 atom stereocenters. The van der Waals surface area contributed by atoms with E-state index in [1.165, 1.54) is 7.11 Å². The van der Waals surface area contributed by atoms with Crippen LogP contribution in [-0.2, 0) is 110 Å². The minimum absolute atomic E-state index is 0.0116. The van der Waals surface area contributed by atoms with Crippen LogP contribution in [0.5, 0.6) is 0 Å². The van der Waals surface area contributed by atoms with Crippen molar-refractivity contribution in [1.82, 2.24) is 39.1 Å². The molecule has 0 bridgehead atoms. The summed E-state index contributed by atoms with van der Waals surface area (Å²) in [6.07, 6.45) is 2.26. The lowest BCUT2D eigenvalue weighted by atomic mass is 9.86. The fraction of sp³-hybridized carbons (Fsp3) is 0.469. The molecule has 25 nitrogen and oxygen atoms in total. The smallest absolute Gasteiger partial charge is 0.334 e. The standard InChI is InChI=1S/3C25H32ClN3O3.C23H28ClN3O4/c1-9-29-21(20(26)16(2)28-29)22(31-15-32-23(30)25(6,7)8)19(14-27)17-10-12-18(13-11-17)24(3,4)5;1-8-29-23(22(26)17(4)28-29)24(32-15-31-21(30)13-16(2)3)20(14-27)18-9-11-19(12-10-18)25(5,6)7;1-7-9-10-21(30)31-16-32-24(23-22(26)17(3)28-29(23)8-2)20(15-27)18-11-13-19(14-12-18)25(4,5)6;1-7-27-21(20(24)15(2)26-27)22(31-14-30-19(28)13-29-6)18(12-25)16-8-10-17(11-9-16)23(3,4)5/h10-13H,9,15H2,1-8H3;9-12,16H,8,13,15H2,1-7H3;11-14H,7-10,16H2,1-6H3;8-11H,7,13-14H2,1-6H3/b22-19-;2*24-20-;22-18-. The molecule has 8 rings (SSSR count). The topological polar surface area (TPSA) is 318 Å². The Morgan fingerprint density at radius 3 is 0.811 bits per heavy atom. The number of unbranched alkanes of at least 4 members (excludes halogenated alkanes) is 1. The van der Waals surface area contributed by atoms with Crippen LogP contribution in [-0.4, -0.2) is 104 Å². The van der Waals surface area contributed by atoms with Gasteiger partial charge in [-0.25, -0.2) is 4.79 Å². The number of methoxy groups -OCH3 is 1. The van der Waals surface area contributed by atoms with Gasteiger partial charge in [0, 0.05) is 46.1 Å². The lowest BCUT2D eigenvalue weighted by Gasteiger charge is -2.20. The SMILES string of the molecule is CCCCC(=O)OCO/C(=C(/C#N)c1ccc(C(C)(C)C)cc1)c1c(Cl)c(C)nn1CC.CCn1nc(C)c(Cl)c1/C(OCOC(=O)C(C)(C)C)=C(\C#N)c1ccc(C(C)(C)C)cc1.CCn1nc(C)c(Cl)c1/C(OCOC(=O)CC(C)C)=C(\C#N)c1ccc(C(C)(C)C)cc1.CCn1nc(C)c(Cl)c1/C(OCOC(=O)COC)=C(\C#N)c1ccc(C(C)(C)C)cc1. The van der Waals surface area contributed by atoms with Crippen molar-refractivity contribution in [1.29, 1.82) is 21.0 Å². The molecule has 0 amide bonds. The summed E-state index contributed by atoms with van der Waals surface area (Å²) in [7, 11) is 1.39. The number of carbonyl (C=O) groups is 4. The highest BCUT2D eigenvalue weighted by Crippen LogP contribution is 2.41. The highest BCUT2D eigenvalue weighted by Gasteiger charge is 2.31. The van der Waals surface area contributed by atoms with Gasteiger partial charge in [0.1, 0.15) is 76.0 Å². The van der Waals surface area contributed by atoms with Crippen LogP contribution < -0.4 is 0 Å². The van der Waals surface area contributed by atoms with Crippen LogP contribution in [0.25, 0.3) is 45.3 Å². The third kappa shape index (κ3) is 29.7. The molecule has 8 aromatic rings. The monoisotopic (exact) mass is 1820 g/mol. The summed E-state index contributed by atoms with van der Waals surface area (Å²) in [5.41, 5.74) is 12.1. The first-order valence-corrected chi connectivity index (χ1v) is 43.7. The van der Waals surface area contributed by atoms with Gasteiger partial charge in [-0.2, -0.15) is 41.4 Å². The molecule has 0 aliphatic carbocycles. The molecule has 0 radical (unpaired) electrons. The predicted octanol–water partition coefficient (Wildman–Crippen LogP) is 23.2. The summed E-state index contributed by atoms with van der Waals surface area (Å²) in [5.74, 6) is -0.616. The van der Waals surface area contributed by atoms with Crippen LogP contribution in [0.1, 0.15) is 268 Å². The number of esters is 4. The van der Waals surface area contributed by atoms with Gasteiger partial charge < -0.3 is 42.6 Å². The lowest BCUT2D eigenvalue weighted by molar-refractivity contribution is -0.161. The summed E-state index contributed by atoms with van der Waals surface area (Å²) in [5, 5.41) is 59.5. The third-order valence-electron chi connectivity index (χ3n) is 19.6. The Morgan fingerprint density at radius 2 is 0.606 bits per heavy atom. The molecule has 0 fully saturated rings. The van der Waals surface area contributed by atoms with E-state index in [1.807, 2.05) is 146 Å². The molecule has 127 heavy (non-hydrogen) atoms. The van der Waals surface area contributed by atoms with E-state index in [1.54, 1.807) is 67.2 Å². The van der Waals surface area contributed by atoms with E-state index < -0.39 is 24.1 Å². The molecule has 29 heteroatoms. The van der Waals surface area contributed by atoms with Gasteiger partial charge in [-0.3, -0.25) is 33.1 Å². The molecule has 0 aliphatic heterocycles. The number of nitrogens with zero attached hydrogens (tertiary/aromatic N) is 12. The Hall–Kier alpha value is -11.2. The Morgan fingerprint density at radius 1 is 0.370 bits per heavy atom. The fourth-order valence-corrected chi connectivity index (χ4v) is 13.2. The van der Waals surface area contributed by atoms with Crippen molar-refractivity contribution in [2.24, 2.45) is 11.3 Å². The molecule has 4 heterocycles. The fourth-order valence-electron chi connectivity index (χ4n) is 12.4. The van der Waals surface area contributed by atoms with Gasteiger partial charge in [0.05, 0.1) is 48.3 Å². The highest BCUT2D eigenvalue weighted by atomic mass is 35.5. The number of aromatic nitrogens is 8. The first kappa shape index (κ1) is 106. The van der Waals surface area contributed by atoms with Gasteiger partial charge in [-0.15, -0.1) is 0 Å². The van der Waals surface area contributed by atoms with Crippen LogP contribution in [0, 0.1) is 84.4 Å². The quantitative estimate of drug-likeness (QED) is 0.0128. The minimum Gasteiger partial charge on any atom is -0.454 e. The number of hydrogen-bond donors (Lipinski definition) is 0. The van der Waals surface area contributed by atoms with Crippen molar-refractivity contribution in [3.05, 3.63) is 207 Å². The summed E-state index contributed by atoms with van der Waals surface area (Å²) >= 11 is 26.2. The zero-order valence-electron chi connectivity index (χ0n) is 78.7. The molecular formula is C98H124Cl4N12O13. The zero-order chi connectivity index (χ0) is 95.4. The molecule has 0 saturated carbocycles. The largest absolute Gasteiger partial charge is 0.454 e. The van der Waals surface area contributed by atoms with E-state index in [0.29, 0.717) is 132 Å². The van der Waals surface area contributed by atoms with E-state index in [0.717, 1.165) is 35.1 Å². The van der Waals surface area contributed by atoms with E-state index in [4.69, 9.17) is 89.0 Å². The van der Waals surface area contributed by atoms with Crippen LogP contribution >= 0.6 is 46.4 Å². The molecule has 4 aromatic carbocycles. The van der Waals surface area contributed by atoms with Crippen LogP contribution in [0.3, 0.4) is 0 Å². The average Bonchev–Trinajstić information content (AvgIpc) is 1.68. The first-order chi connectivity index (χ1) is 59.6. The Labute approximate surface area is 770 Å². The van der Waals surface area contributed by atoms with Crippen molar-refractivity contribution in [3.63, 3.8) is 0 Å². The molecule has 0 N–H and O–H groups in total. The van der Waals surface area contributed by atoms with Crippen LogP contribution in [0.4, 0.5) is 0 Å². The molecule has 682 valence electrons. The maximum atomic E-state index is 12.2. The molecule has 4 aromatic heterocycles. The second kappa shape index (κ2) is 48.1. The number of nitriles is 4. The lowest BCUT2D eigenvalue weighted by Crippen LogP contribution is -2.24.